The van der Waals surface area contributed by atoms with Crippen LogP contribution in [-0.2, 0) is 20.8 Å². The van der Waals surface area contributed by atoms with Crippen LogP contribution in [0.1, 0.15) is 19.4 Å². The first-order valence-corrected chi connectivity index (χ1v) is 9.01. The standard InChI is InChI=1S/C21H26N2O4/c1-21(2)26-14-18(27-21)19(23-16-9-11-17(25-3)12-10-16)20(24)22-13-15-7-5-4-6-8-15/h4-12,18-19,23H,13-14H2,1-3H3,(H,22,24)/t18-,19+/m1/s1. The molecule has 27 heavy (non-hydrogen) atoms. The third kappa shape index (κ3) is 5.21. The van der Waals surface area contributed by atoms with Crippen molar-refractivity contribution in [3.8, 4) is 5.75 Å². The van der Waals surface area contributed by atoms with Gasteiger partial charge in [0.15, 0.2) is 5.79 Å². The minimum absolute atomic E-state index is 0.138. The lowest BCUT2D eigenvalue weighted by Gasteiger charge is -2.25. The summed E-state index contributed by atoms with van der Waals surface area (Å²) in [6, 6.07) is 16.7. The molecule has 6 heteroatoms. The van der Waals surface area contributed by atoms with Crippen LogP contribution in [0.4, 0.5) is 5.69 Å². The van der Waals surface area contributed by atoms with E-state index in [0.29, 0.717) is 13.2 Å². The maximum absolute atomic E-state index is 12.9. The van der Waals surface area contributed by atoms with E-state index >= 15 is 0 Å². The van der Waals surface area contributed by atoms with E-state index in [4.69, 9.17) is 14.2 Å². The Morgan fingerprint density at radius 2 is 1.89 bits per heavy atom. The normalized spacial score (nSPS) is 19.3. The van der Waals surface area contributed by atoms with Gasteiger partial charge in [0.2, 0.25) is 5.91 Å². The number of methoxy groups -OCH3 is 1. The fraction of sp³-hybridized carbons (Fsp3) is 0.381. The topological polar surface area (TPSA) is 68.8 Å². The number of anilines is 1. The van der Waals surface area contributed by atoms with Crippen LogP contribution in [-0.4, -0.2) is 37.6 Å². The molecule has 0 spiro atoms. The van der Waals surface area contributed by atoms with E-state index in [9.17, 15) is 4.79 Å². The van der Waals surface area contributed by atoms with Gasteiger partial charge >= 0.3 is 0 Å². The van der Waals surface area contributed by atoms with Crippen molar-refractivity contribution in [3.63, 3.8) is 0 Å². The van der Waals surface area contributed by atoms with Crippen LogP contribution in [0.15, 0.2) is 54.6 Å². The molecule has 0 aromatic heterocycles. The van der Waals surface area contributed by atoms with Crippen molar-refractivity contribution in [2.45, 2.75) is 38.3 Å². The van der Waals surface area contributed by atoms with Gasteiger partial charge < -0.3 is 24.8 Å². The molecule has 3 rings (SSSR count). The van der Waals surface area contributed by atoms with E-state index in [0.717, 1.165) is 17.0 Å². The summed E-state index contributed by atoms with van der Waals surface area (Å²) in [6.07, 6.45) is -0.391. The Bertz CT molecular complexity index is 747. The Hall–Kier alpha value is -2.57. The number of ether oxygens (including phenoxy) is 3. The molecule has 2 atom stereocenters. The lowest BCUT2D eigenvalue weighted by molar-refractivity contribution is -0.144. The highest BCUT2D eigenvalue weighted by Gasteiger charge is 2.40. The van der Waals surface area contributed by atoms with Crippen LogP contribution < -0.4 is 15.4 Å². The Kier molecular flexibility index (Phi) is 5.98. The zero-order valence-corrected chi connectivity index (χ0v) is 15.9. The lowest BCUT2D eigenvalue weighted by Crippen LogP contribution is -2.48. The summed E-state index contributed by atoms with van der Waals surface area (Å²) in [5.41, 5.74) is 1.85. The SMILES string of the molecule is COc1ccc(N[C@H](C(=O)NCc2ccccc2)[C@H]2COC(C)(C)O2)cc1. The number of nitrogens with one attached hydrogen (secondary N) is 2. The fourth-order valence-corrected chi connectivity index (χ4v) is 2.97. The number of hydrogen-bond acceptors (Lipinski definition) is 5. The number of hydrogen-bond donors (Lipinski definition) is 2. The summed E-state index contributed by atoms with van der Waals surface area (Å²) in [4.78, 5) is 12.9. The number of benzene rings is 2. The van der Waals surface area contributed by atoms with Gasteiger partial charge in [0.05, 0.1) is 13.7 Å². The maximum atomic E-state index is 12.9. The second kappa shape index (κ2) is 8.41. The Morgan fingerprint density at radius 3 is 2.48 bits per heavy atom. The Morgan fingerprint density at radius 1 is 1.19 bits per heavy atom. The molecule has 1 saturated heterocycles. The minimum Gasteiger partial charge on any atom is -0.497 e. The number of carbonyl (C=O) groups is 1. The molecule has 1 aliphatic heterocycles. The molecule has 1 aliphatic rings. The molecular weight excluding hydrogens is 344 g/mol. The van der Waals surface area contributed by atoms with Crippen molar-refractivity contribution in [1.29, 1.82) is 0 Å². The molecule has 1 fully saturated rings. The van der Waals surface area contributed by atoms with E-state index in [1.54, 1.807) is 7.11 Å². The zero-order chi connectivity index (χ0) is 19.3. The molecule has 0 aliphatic carbocycles. The summed E-state index contributed by atoms with van der Waals surface area (Å²) in [7, 11) is 1.62. The van der Waals surface area contributed by atoms with Gasteiger partial charge in [-0.1, -0.05) is 30.3 Å². The highest BCUT2D eigenvalue weighted by molar-refractivity contribution is 5.85. The second-order valence-electron chi connectivity index (χ2n) is 6.92. The van der Waals surface area contributed by atoms with Crippen LogP contribution in [0.5, 0.6) is 5.75 Å². The molecule has 0 radical (unpaired) electrons. The van der Waals surface area contributed by atoms with Gasteiger partial charge in [0, 0.05) is 12.2 Å². The van der Waals surface area contributed by atoms with E-state index in [2.05, 4.69) is 10.6 Å². The van der Waals surface area contributed by atoms with Crippen LogP contribution in [0.3, 0.4) is 0 Å². The molecule has 0 bridgehead atoms. The summed E-state index contributed by atoms with van der Waals surface area (Å²) in [6.45, 7) is 4.50. The lowest BCUT2D eigenvalue weighted by atomic mass is 10.1. The monoisotopic (exact) mass is 370 g/mol. The minimum atomic E-state index is -0.704. The average molecular weight is 370 g/mol. The molecule has 1 amide bonds. The van der Waals surface area contributed by atoms with Gasteiger partial charge in [-0.25, -0.2) is 0 Å². The molecule has 6 nitrogen and oxygen atoms in total. The van der Waals surface area contributed by atoms with Gasteiger partial charge in [0.1, 0.15) is 17.9 Å². The number of rotatable bonds is 7. The third-order valence-electron chi connectivity index (χ3n) is 4.41. The van der Waals surface area contributed by atoms with Crippen molar-refractivity contribution >= 4 is 11.6 Å². The summed E-state index contributed by atoms with van der Waals surface area (Å²) in [5.74, 6) is -0.0855. The van der Waals surface area contributed by atoms with Crippen LogP contribution in [0.25, 0.3) is 0 Å². The highest BCUT2D eigenvalue weighted by Crippen LogP contribution is 2.26. The summed E-state index contributed by atoms with van der Waals surface area (Å²) in [5, 5.41) is 6.26. The first-order chi connectivity index (χ1) is 13.0. The summed E-state index contributed by atoms with van der Waals surface area (Å²) >= 11 is 0. The average Bonchev–Trinajstić information content (AvgIpc) is 3.05. The van der Waals surface area contributed by atoms with Crippen molar-refractivity contribution in [3.05, 3.63) is 60.2 Å². The van der Waals surface area contributed by atoms with Crippen molar-refractivity contribution < 1.29 is 19.0 Å². The number of amides is 1. The number of carbonyl (C=O) groups excluding carboxylic acids is 1. The molecule has 1 heterocycles. The fourth-order valence-electron chi connectivity index (χ4n) is 2.97. The predicted molar refractivity (Wildman–Crippen MR) is 104 cm³/mol. The van der Waals surface area contributed by atoms with Gasteiger partial charge in [-0.05, 0) is 43.7 Å². The summed E-state index contributed by atoms with van der Waals surface area (Å²) < 4.78 is 16.8. The molecule has 2 N–H and O–H groups in total. The molecular formula is C21H26N2O4. The van der Waals surface area contributed by atoms with Crippen molar-refractivity contribution in [1.82, 2.24) is 5.32 Å². The van der Waals surface area contributed by atoms with Crippen LogP contribution in [0, 0.1) is 0 Å². The van der Waals surface area contributed by atoms with Crippen molar-refractivity contribution in [2.24, 2.45) is 0 Å². The molecule has 2 aromatic carbocycles. The quantitative estimate of drug-likeness (QED) is 0.784. The van der Waals surface area contributed by atoms with Gasteiger partial charge in [0.25, 0.3) is 0 Å². The molecule has 0 unspecified atom stereocenters. The third-order valence-corrected chi connectivity index (χ3v) is 4.41. The Balaban J connectivity index is 1.71. The second-order valence-corrected chi connectivity index (χ2v) is 6.92. The van der Waals surface area contributed by atoms with E-state index < -0.39 is 17.9 Å². The maximum Gasteiger partial charge on any atom is 0.245 e. The van der Waals surface area contributed by atoms with Crippen LogP contribution >= 0.6 is 0 Å². The van der Waals surface area contributed by atoms with Crippen LogP contribution in [0.2, 0.25) is 0 Å². The first-order valence-electron chi connectivity index (χ1n) is 9.01. The van der Waals surface area contributed by atoms with Gasteiger partial charge in [-0.3, -0.25) is 4.79 Å². The first kappa shape index (κ1) is 19.2. The molecule has 0 saturated carbocycles. The van der Waals surface area contributed by atoms with Gasteiger partial charge in [-0.2, -0.15) is 0 Å². The van der Waals surface area contributed by atoms with Gasteiger partial charge in [-0.15, -0.1) is 0 Å². The highest BCUT2D eigenvalue weighted by atomic mass is 16.7. The van der Waals surface area contributed by atoms with E-state index in [1.807, 2.05) is 68.4 Å². The smallest absolute Gasteiger partial charge is 0.245 e. The largest absolute Gasteiger partial charge is 0.497 e. The predicted octanol–water partition coefficient (Wildman–Crippen LogP) is 2.94. The Labute approximate surface area is 159 Å². The molecule has 2 aromatic rings. The van der Waals surface area contributed by atoms with E-state index in [-0.39, 0.29) is 5.91 Å². The van der Waals surface area contributed by atoms with Crippen molar-refractivity contribution in [2.75, 3.05) is 19.0 Å². The molecule has 144 valence electrons. The van der Waals surface area contributed by atoms with E-state index in [1.165, 1.54) is 0 Å². The zero-order valence-electron chi connectivity index (χ0n) is 15.9.